The molecule has 5 nitrogen and oxygen atoms in total. The third-order valence-corrected chi connectivity index (χ3v) is 6.18. The Morgan fingerprint density at radius 3 is 2.56 bits per heavy atom. The van der Waals surface area contributed by atoms with Gasteiger partial charge in [0.1, 0.15) is 5.75 Å². The van der Waals surface area contributed by atoms with Gasteiger partial charge < -0.3 is 10.1 Å². The van der Waals surface area contributed by atoms with Crippen molar-refractivity contribution in [2.75, 3.05) is 5.32 Å². The van der Waals surface area contributed by atoms with E-state index in [1.807, 2.05) is 73.7 Å². The fraction of sp³-hybridized carbons (Fsp3) is 0.129. The van der Waals surface area contributed by atoms with E-state index < -0.39 is 0 Å². The lowest BCUT2D eigenvalue weighted by molar-refractivity contribution is 0.102. The van der Waals surface area contributed by atoms with Gasteiger partial charge >= 0.3 is 0 Å². The van der Waals surface area contributed by atoms with Gasteiger partial charge in [0.15, 0.2) is 0 Å². The van der Waals surface area contributed by atoms with Crippen LogP contribution in [0.4, 0.5) is 5.69 Å². The lowest BCUT2D eigenvalue weighted by Gasteiger charge is -2.14. The van der Waals surface area contributed by atoms with Crippen LogP contribution in [0, 0.1) is 6.92 Å². The molecule has 0 saturated heterocycles. The Bertz CT molecular complexity index is 1550. The predicted molar refractivity (Wildman–Crippen MR) is 145 cm³/mol. The van der Waals surface area contributed by atoms with Crippen LogP contribution in [0.5, 0.6) is 11.6 Å². The maximum atomic E-state index is 13.1. The molecule has 0 bridgehead atoms. The molecule has 0 saturated carbocycles. The van der Waals surface area contributed by atoms with Crippen molar-refractivity contribution in [1.29, 1.82) is 0 Å². The summed E-state index contributed by atoms with van der Waals surface area (Å²) in [6, 6.07) is 27.2. The van der Waals surface area contributed by atoms with Crippen molar-refractivity contribution in [2.24, 2.45) is 0 Å². The van der Waals surface area contributed by atoms with Crippen molar-refractivity contribution in [3.63, 3.8) is 0 Å². The van der Waals surface area contributed by atoms with Crippen LogP contribution in [0.15, 0.2) is 97.3 Å². The van der Waals surface area contributed by atoms with Gasteiger partial charge in [0, 0.05) is 34.6 Å². The molecule has 0 aliphatic heterocycles. The summed E-state index contributed by atoms with van der Waals surface area (Å²) in [6.07, 6.45) is 3.49. The molecule has 0 atom stereocenters. The van der Waals surface area contributed by atoms with E-state index in [1.165, 1.54) is 5.56 Å². The van der Waals surface area contributed by atoms with Crippen LogP contribution in [0.25, 0.3) is 22.0 Å². The largest absolute Gasteiger partial charge is 0.438 e. The molecule has 1 N–H and O–H groups in total. The molecule has 1 amide bonds. The van der Waals surface area contributed by atoms with Gasteiger partial charge in [0.25, 0.3) is 5.91 Å². The Hall–Kier alpha value is -4.51. The molecule has 178 valence electrons. The minimum Gasteiger partial charge on any atom is -0.438 e. The average molecular weight is 474 g/mol. The van der Waals surface area contributed by atoms with E-state index in [4.69, 9.17) is 4.74 Å². The van der Waals surface area contributed by atoms with Crippen LogP contribution in [0.2, 0.25) is 0 Å². The highest BCUT2D eigenvalue weighted by Crippen LogP contribution is 2.36. The van der Waals surface area contributed by atoms with E-state index in [0.717, 1.165) is 33.3 Å². The first-order valence-corrected chi connectivity index (χ1v) is 12.0. The van der Waals surface area contributed by atoms with E-state index in [2.05, 4.69) is 35.2 Å². The van der Waals surface area contributed by atoms with Crippen molar-refractivity contribution < 1.29 is 9.53 Å². The number of hydrogen-bond acceptors (Lipinski definition) is 4. The molecule has 0 fully saturated rings. The highest BCUT2D eigenvalue weighted by atomic mass is 16.5. The van der Waals surface area contributed by atoms with E-state index in [-0.39, 0.29) is 5.91 Å². The Morgan fingerprint density at radius 2 is 1.69 bits per heavy atom. The molecule has 0 unspecified atom stereocenters. The predicted octanol–water partition coefficient (Wildman–Crippen LogP) is 7.77. The average Bonchev–Trinajstić information content (AvgIpc) is 2.90. The molecular formula is C31H27N3O2. The number of hydrogen-bond donors (Lipinski definition) is 1. The molecule has 36 heavy (non-hydrogen) atoms. The Morgan fingerprint density at radius 1 is 0.833 bits per heavy atom. The normalized spacial score (nSPS) is 11.0. The van der Waals surface area contributed by atoms with E-state index in [1.54, 1.807) is 24.5 Å². The number of carbonyl (C=O) groups is 1. The number of aromatic nitrogens is 2. The molecule has 0 radical (unpaired) electrons. The summed E-state index contributed by atoms with van der Waals surface area (Å²) in [5.74, 6) is 1.24. The zero-order valence-corrected chi connectivity index (χ0v) is 20.5. The van der Waals surface area contributed by atoms with Gasteiger partial charge in [0.05, 0.1) is 5.52 Å². The molecule has 5 aromatic rings. The van der Waals surface area contributed by atoms with Gasteiger partial charge in [-0.25, -0.2) is 4.98 Å². The lowest BCUT2D eigenvalue weighted by atomic mass is 10.0. The van der Waals surface area contributed by atoms with Gasteiger partial charge in [-0.1, -0.05) is 50.2 Å². The summed E-state index contributed by atoms with van der Waals surface area (Å²) in [5.41, 5.74) is 6.11. The number of para-hydroxylation sites is 1. The number of nitrogens with zero attached hydrogens (tertiary/aromatic N) is 2. The third kappa shape index (κ3) is 4.82. The monoisotopic (exact) mass is 473 g/mol. The SMILES string of the molecule is Cc1ccc(C(=O)Nc2cccc(C(C)C)c2)cc1Oc1ncccc1-c1ccnc2ccccc12. The minimum absolute atomic E-state index is 0.192. The standard InChI is InChI=1S/C31H27N3O2/c1-20(2)22-8-6-9-24(18-22)34-30(35)23-14-13-21(3)29(19-23)36-31-27(11-7-16-33-31)25-15-17-32-28-12-5-4-10-26(25)28/h4-20H,1-3H3,(H,34,35). The zero-order valence-electron chi connectivity index (χ0n) is 20.5. The summed E-state index contributed by atoms with van der Waals surface area (Å²) < 4.78 is 6.32. The molecular weight excluding hydrogens is 446 g/mol. The van der Waals surface area contributed by atoms with E-state index in [0.29, 0.717) is 23.1 Å². The van der Waals surface area contributed by atoms with Gasteiger partial charge in [-0.2, -0.15) is 0 Å². The second kappa shape index (κ2) is 10.0. The number of aryl methyl sites for hydroxylation is 1. The summed E-state index contributed by atoms with van der Waals surface area (Å²) >= 11 is 0. The number of benzene rings is 3. The Kier molecular flexibility index (Phi) is 6.46. The zero-order chi connectivity index (χ0) is 25.1. The Balaban J connectivity index is 1.45. The molecule has 3 aromatic carbocycles. The van der Waals surface area contributed by atoms with Crippen LogP contribution in [0.3, 0.4) is 0 Å². The van der Waals surface area contributed by atoms with Gasteiger partial charge in [-0.3, -0.25) is 9.78 Å². The number of nitrogens with one attached hydrogen (secondary N) is 1. The van der Waals surface area contributed by atoms with E-state index >= 15 is 0 Å². The molecule has 2 aromatic heterocycles. The van der Waals surface area contributed by atoms with Crippen LogP contribution >= 0.6 is 0 Å². The summed E-state index contributed by atoms with van der Waals surface area (Å²) in [7, 11) is 0. The maximum absolute atomic E-state index is 13.1. The maximum Gasteiger partial charge on any atom is 0.255 e. The summed E-state index contributed by atoms with van der Waals surface area (Å²) in [5, 5.41) is 4.02. The van der Waals surface area contributed by atoms with Crippen molar-refractivity contribution in [3.8, 4) is 22.8 Å². The van der Waals surface area contributed by atoms with Gasteiger partial charge in [-0.15, -0.1) is 0 Å². The lowest BCUT2D eigenvalue weighted by Crippen LogP contribution is -2.12. The van der Waals surface area contributed by atoms with E-state index in [9.17, 15) is 4.79 Å². The van der Waals surface area contributed by atoms with Crippen molar-refractivity contribution >= 4 is 22.5 Å². The topological polar surface area (TPSA) is 64.1 Å². The number of ether oxygens (including phenoxy) is 1. The molecule has 2 heterocycles. The molecule has 0 aliphatic rings. The highest BCUT2D eigenvalue weighted by molar-refractivity contribution is 6.04. The first kappa shape index (κ1) is 23.2. The number of carbonyl (C=O) groups excluding carboxylic acids is 1. The molecule has 0 spiro atoms. The smallest absolute Gasteiger partial charge is 0.255 e. The fourth-order valence-electron chi connectivity index (χ4n) is 4.14. The van der Waals surface area contributed by atoms with Gasteiger partial charge in [-0.05, 0) is 78.1 Å². The summed E-state index contributed by atoms with van der Waals surface area (Å²) in [4.78, 5) is 22.1. The third-order valence-electron chi connectivity index (χ3n) is 6.18. The van der Waals surface area contributed by atoms with Crippen molar-refractivity contribution in [2.45, 2.75) is 26.7 Å². The number of pyridine rings is 2. The quantitative estimate of drug-likeness (QED) is 0.274. The van der Waals surface area contributed by atoms with Crippen LogP contribution in [0.1, 0.15) is 41.3 Å². The number of fused-ring (bicyclic) bond motifs is 1. The molecule has 5 heteroatoms. The fourth-order valence-corrected chi connectivity index (χ4v) is 4.14. The number of rotatable bonds is 6. The highest BCUT2D eigenvalue weighted by Gasteiger charge is 2.15. The summed E-state index contributed by atoms with van der Waals surface area (Å²) in [6.45, 7) is 6.21. The van der Waals surface area contributed by atoms with Crippen LogP contribution in [-0.4, -0.2) is 15.9 Å². The van der Waals surface area contributed by atoms with Crippen molar-refractivity contribution in [1.82, 2.24) is 9.97 Å². The van der Waals surface area contributed by atoms with Crippen molar-refractivity contribution in [3.05, 3.63) is 114 Å². The minimum atomic E-state index is -0.192. The second-order valence-electron chi connectivity index (χ2n) is 9.05. The second-order valence-corrected chi connectivity index (χ2v) is 9.05. The first-order valence-electron chi connectivity index (χ1n) is 12.0. The van der Waals surface area contributed by atoms with Crippen LogP contribution in [-0.2, 0) is 0 Å². The Labute approximate surface area is 210 Å². The first-order chi connectivity index (χ1) is 17.5. The van der Waals surface area contributed by atoms with Crippen LogP contribution < -0.4 is 10.1 Å². The van der Waals surface area contributed by atoms with Gasteiger partial charge in [0.2, 0.25) is 5.88 Å². The molecule has 0 aliphatic carbocycles. The number of anilines is 1. The molecule has 5 rings (SSSR count). The number of amides is 1.